The number of thiol groups is 2. The highest BCUT2D eigenvalue weighted by atomic mass is 32.1. The zero-order valence-corrected chi connectivity index (χ0v) is 15.8. The number of nitrogens with one attached hydrogen (secondary N) is 4. The van der Waals surface area contributed by atoms with Crippen molar-refractivity contribution in [3.8, 4) is 0 Å². The van der Waals surface area contributed by atoms with Gasteiger partial charge in [0.15, 0.2) is 0 Å². The van der Waals surface area contributed by atoms with E-state index < -0.39 is 42.5 Å². The molecule has 1 aliphatic rings. The second kappa shape index (κ2) is 11.3. The van der Waals surface area contributed by atoms with E-state index in [1.807, 2.05) is 0 Å². The lowest BCUT2D eigenvalue weighted by molar-refractivity contribution is -0.141. The fourth-order valence-electron chi connectivity index (χ4n) is 2.30. The summed E-state index contributed by atoms with van der Waals surface area (Å²) in [5.41, 5.74) is 0. The molecule has 0 aromatic heterocycles. The molecule has 1 heterocycles. The second-order valence-electron chi connectivity index (χ2n) is 5.72. The van der Waals surface area contributed by atoms with Crippen LogP contribution in [-0.2, 0) is 19.2 Å². The Hall–Kier alpha value is -1.50. The molecule has 4 atom stereocenters. The number of aliphatic hydroxyl groups excluding tert-OH is 1. The quantitative estimate of drug-likeness (QED) is 0.181. The number of carboxylic acid groups (broad SMARTS) is 1. The summed E-state index contributed by atoms with van der Waals surface area (Å²) in [7, 11) is 0. The molecule has 12 heteroatoms. The van der Waals surface area contributed by atoms with Crippen LogP contribution in [0.15, 0.2) is 0 Å². The van der Waals surface area contributed by atoms with Crippen molar-refractivity contribution in [2.75, 3.05) is 24.7 Å². The van der Waals surface area contributed by atoms with Gasteiger partial charge in [-0.05, 0) is 19.4 Å². The van der Waals surface area contributed by atoms with Gasteiger partial charge < -0.3 is 31.5 Å². The monoisotopic (exact) mass is 408 g/mol. The Bertz CT molecular complexity index is 530. The van der Waals surface area contributed by atoms with E-state index in [0.29, 0.717) is 6.42 Å². The van der Waals surface area contributed by atoms with Gasteiger partial charge in [-0.2, -0.15) is 25.3 Å². The smallest absolute Gasteiger partial charge is 0.327 e. The van der Waals surface area contributed by atoms with Crippen LogP contribution in [0.25, 0.3) is 0 Å². The molecule has 0 bridgehead atoms. The number of hydrogen-bond acceptors (Lipinski definition) is 8. The molecule has 6 N–H and O–H groups in total. The highest BCUT2D eigenvalue weighted by Crippen LogP contribution is 2.05. The van der Waals surface area contributed by atoms with E-state index in [0.717, 1.165) is 13.0 Å². The van der Waals surface area contributed by atoms with Crippen LogP contribution in [0.3, 0.4) is 0 Å². The molecule has 0 aromatic rings. The van der Waals surface area contributed by atoms with Crippen molar-refractivity contribution in [1.82, 2.24) is 21.3 Å². The van der Waals surface area contributed by atoms with Crippen LogP contribution in [0.1, 0.15) is 12.8 Å². The van der Waals surface area contributed by atoms with Crippen molar-refractivity contribution in [3.63, 3.8) is 0 Å². The molecule has 1 rings (SSSR count). The van der Waals surface area contributed by atoms with Gasteiger partial charge >= 0.3 is 5.97 Å². The molecule has 0 aromatic carbocycles. The van der Waals surface area contributed by atoms with Crippen LogP contribution in [0, 0.1) is 0 Å². The van der Waals surface area contributed by atoms with Crippen molar-refractivity contribution in [2.45, 2.75) is 37.0 Å². The average molecular weight is 409 g/mol. The summed E-state index contributed by atoms with van der Waals surface area (Å²) in [6, 6.07) is -4.01. The first-order valence-corrected chi connectivity index (χ1v) is 9.30. The number of hydrogen-bond donors (Lipinski definition) is 8. The van der Waals surface area contributed by atoms with Gasteiger partial charge in [0.2, 0.25) is 17.7 Å². The molecule has 3 amide bonds. The van der Waals surface area contributed by atoms with Gasteiger partial charge in [0.25, 0.3) is 0 Å². The molecule has 0 spiro atoms. The van der Waals surface area contributed by atoms with Crippen molar-refractivity contribution < 1.29 is 29.4 Å². The van der Waals surface area contributed by atoms with E-state index in [1.54, 1.807) is 0 Å². The minimum absolute atomic E-state index is 0.0154. The van der Waals surface area contributed by atoms with Gasteiger partial charge in [0.05, 0.1) is 12.6 Å². The van der Waals surface area contributed by atoms with E-state index in [4.69, 9.17) is 5.11 Å². The third-order valence-corrected chi connectivity index (χ3v) is 4.54. The van der Waals surface area contributed by atoms with E-state index in [-0.39, 0.29) is 23.5 Å². The van der Waals surface area contributed by atoms with E-state index in [9.17, 15) is 24.3 Å². The average Bonchev–Trinajstić information content (AvgIpc) is 3.15. The maximum atomic E-state index is 12.3. The van der Waals surface area contributed by atoms with Gasteiger partial charge in [0.1, 0.15) is 18.1 Å². The number of rotatable bonds is 10. The fraction of sp³-hybridized carbons (Fsp3) is 0.714. The summed E-state index contributed by atoms with van der Waals surface area (Å²) in [4.78, 5) is 47.3. The lowest BCUT2D eigenvalue weighted by Crippen LogP contribution is -2.58. The van der Waals surface area contributed by atoms with Crippen molar-refractivity contribution in [1.29, 1.82) is 0 Å². The molecular formula is C14H24N4O6S2. The minimum atomic E-state index is -1.37. The Morgan fingerprint density at radius 3 is 2.04 bits per heavy atom. The largest absolute Gasteiger partial charge is 0.480 e. The topological polar surface area (TPSA) is 157 Å². The van der Waals surface area contributed by atoms with Crippen LogP contribution in [-0.4, -0.2) is 82.7 Å². The van der Waals surface area contributed by atoms with Gasteiger partial charge in [0, 0.05) is 11.5 Å². The molecule has 0 aliphatic carbocycles. The first-order chi connectivity index (χ1) is 12.3. The Morgan fingerprint density at radius 2 is 1.58 bits per heavy atom. The zero-order valence-electron chi connectivity index (χ0n) is 14.0. The molecule has 0 saturated carbocycles. The van der Waals surface area contributed by atoms with Crippen molar-refractivity contribution in [2.24, 2.45) is 0 Å². The molecule has 10 nitrogen and oxygen atoms in total. The highest BCUT2D eigenvalue weighted by Gasteiger charge is 2.30. The lowest BCUT2D eigenvalue weighted by atomic mass is 10.2. The molecule has 148 valence electrons. The maximum absolute atomic E-state index is 12.3. The summed E-state index contributed by atoms with van der Waals surface area (Å²) in [6.07, 6.45) is 1.52. The lowest BCUT2D eigenvalue weighted by Gasteiger charge is -2.23. The summed E-state index contributed by atoms with van der Waals surface area (Å²) >= 11 is 7.84. The van der Waals surface area contributed by atoms with E-state index in [1.165, 1.54) is 0 Å². The number of carbonyl (C=O) groups excluding carboxylic acids is 3. The number of aliphatic hydroxyl groups is 1. The third-order valence-electron chi connectivity index (χ3n) is 3.81. The third kappa shape index (κ3) is 6.67. The van der Waals surface area contributed by atoms with Crippen LogP contribution < -0.4 is 21.3 Å². The van der Waals surface area contributed by atoms with Crippen LogP contribution >= 0.6 is 25.3 Å². The zero-order chi connectivity index (χ0) is 19.7. The van der Waals surface area contributed by atoms with Crippen LogP contribution in [0.4, 0.5) is 0 Å². The molecule has 1 saturated heterocycles. The normalized spacial score (nSPS) is 19.9. The molecule has 26 heavy (non-hydrogen) atoms. The predicted octanol–water partition coefficient (Wildman–Crippen LogP) is -2.87. The predicted molar refractivity (Wildman–Crippen MR) is 99.2 cm³/mol. The summed E-state index contributed by atoms with van der Waals surface area (Å²) in [6.45, 7) is -0.0215. The standard InChI is InChI=1S/C14H24N4O6S2/c19-4-8(12(21)18-10(6-26)14(23)24)16-13(22)9(5-25)17-11(20)7-2-1-3-15-7/h7-10,15,19,25-26H,1-6H2,(H,16,22)(H,17,20)(H,18,21)(H,23,24). The summed E-state index contributed by atoms with van der Waals surface area (Å²) < 4.78 is 0. The molecule has 0 radical (unpaired) electrons. The van der Waals surface area contributed by atoms with E-state index in [2.05, 4.69) is 46.5 Å². The van der Waals surface area contributed by atoms with Crippen LogP contribution in [0.2, 0.25) is 0 Å². The summed E-state index contributed by atoms with van der Waals surface area (Å²) in [5, 5.41) is 28.2. The summed E-state index contributed by atoms with van der Waals surface area (Å²) in [5.74, 6) is -3.39. The SMILES string of the molecule is O=C(O)C(CS)NC(=O)C(CO)NC(=O)C(CS)NC(=O)C1CCCN1. The Balaban J connectivity index is 2.63. The minimum Gasteiger partial charge on any atom is -0.480 e. The van der Waals surface area contributed by atoms with Crippen LogP contribution in [0.5, 0.6) is 0 Å². The van der Waals surface area contributed by atoms with Gasteiger partial charge in [-0.25, -0.2) is 4.79 Å². The highest BCUT2D eigenvalue weighted by molar-refractivity contribution is 7.80. The number of carbonyl (C=O) groups is 4. The first kappa shape index (κ1) is 22.5. The van der Waals surface area contributed by atoms with Gasteiger partial charge in [-0.15, -0.1) is 0 Å². The Labute approximate surface area is 161 Å². The maximum Gasteiger partial charge on any atom is 0.327 e. The fourth-order valence-corrected chi connectivity index (χ4v) is 2.80. The number of carboxylic acids is 1. The number of aliphatic carboxylic acids is 1. The molecule has 4 unspecified atom stereocenters. The van der Waals surface area contributed by atoms with Gasteiger partial charge in [-0.3, -0.25) is 14.4 Å². The van der Waals surface area contributed by atoms with Crippen molar-refractivity contribution in [3.05, 3.63) is 0 Å². The Kier molecular flexibility index (Phi) is 9.76. The number of amides is 3. The molecule has 1 fully saturated rings. The second-order valence-corrected chi connectivity index (χ2v) is 6.45. The molecular weight excluding hydrogens is 384 g/mol. The Morgan fingerprint density at radius 1 is 1.00 bits per heavy atom. The molecule has 1 aliphatic heterocycles. The first-order valence-electron chi connectivity index (χ1n) is 8.03. The van der Waals surface area contributed by atoms with Gasteiger partial charge in [-0.1, -0.05) is 0 Å². The van der Waals surface area contributed by atoms with Crippen molar-refractivity contribution >= 4 is 48.9 Å². The van der Waals surface area contributed by atoms with E-state index >= 15 is 0 Å².